The maximum absolute atomic E-state index is 12.5. The van der Waals surface area contributed by atoms with Crippen LogP contribution in [-0.2, 0) is 24.3 Å². The molecule has 1 amide bonds. The van der Waals surface area contributed by atoms with Crippen LogP contribution in [0.25, 0.3) is 0 Å². The van der Waals surface area contributed by atoms with Crippen LogP contribution >= 0.6 is 11.6 Å². The number of esters is 1. The topological polar surface area (TPSA) is 129 Å². The highest BCUT2D eigenvalue weighted by Gasteiger charge is 2.20. The minimum absolute atomic E-state index is 0.0949. The van der Waals surface area contributed by atoms with Gasteiger partial charge < -0.3 is 24.3 Å². The molecule has 0 radical (unpaired) electrons. The largest absolute Gasteiger partial charge is 0.495 e. The summed E-state index contributed by atoms with van der Waals surface area (Å²) < 4.78 is 48.1. The van der Waals surface area contributed by atoms with Gasteiger partial charge in [0.25, 0.3) is 5.91 Å². The number of sulfonamides is 1. The number of anilines is 1. The third-order valence-electron chi connectivity index (χ3n) is 4.55. The molecule has 0 bridgehead atoms. The first-order valence-corrected chi connectivity index (χ1v) is 11.7. The molecular weight excluding hydrogens is 476 g/mol. The van der Waals surface area contributed by atoms with E-state index in [1.54, 1.807) is 19.1 Å². The predicted molar refractivity (Wildman–Crippen MR) is 120 cm³/mol. The summed E-state index contributed by atoms with van der Waals surface area (Å²) in [4.78, 5) is 24.0. The van der Waals surface area contributed by atoms with Gasteiger partial charge in [0.1, 0.15) is 12.3 Å². The molecule has 0 saturated carbocycles. The van der Waals surface area contributed by atoms with Gasteiger partial charge in [-0.3, -0.25) is 9.59 Å². The van der Waals surface area contributed by atoms with E-state index >= 15 is 0 Å². The minimum atomic E-state index is -4.02. The first kappa shape index (κ1) is 24.6. The molecule has 178 valence electrons. The Hall–Kier alpha value is -3.02. The van der Waals surface area contributed by atoms with Crippen LogP contribution in [-0.4, -0.2) is 53.8 Å². The molecule has 2 N–H and O–H groups in total. The summed E-state index contributed by atoms with van der Waals surface area (Å²) in [6.07, 6.45) is 0.679. The number of benzene rings is 2. The summed E-state index contributed by atoms with van der Waals surface area (Å²) in [6.45, 7) is 1.36. The molecule has 10 nitrogen and oxygen atoms in total. The molecule has 0 aromatic heterocycles. The standard InChI is InChI=1S/C21H23ClN2O8S/c1-13-8-16(18(29-2)10-15(13)22)24-20(25)12-32-21(26)11-23-33(27,28)14-4-5-17-19(9-14)31-7-3-6-30-17/h4-5,8-10,23H,3,6-7,11-12H2,1-2H3,(H,24,25). The van der Waals surface area contributed by atoms with Crippen LogP contribution < -0.4 is 24.2 Å². The molecule has 1 heterocycles. The van der Waals surface area contributed by atoms with E-state index in [4.69, 9.17) is 30.5 Å². The van der Waals surface area contributed by atoms with Crippen molar-refractivity contribution in [3.05, 3.63) is 40.9 Å². The zero-order valence-electron chi connectivity index (χ0n) is 18.0. The summed E-state index contributed by atoms with van der Waals surface area (Å²) in [6, 6.07) is 7.32. The number of carbonyl (C=O) groups excluding carboxylic acids is 2. The van der Waals surface area contributed by atoms with E-state index in [0.29, 0.717) is 53.2 Å². The van der Waals surface area contributed by atoms with Crippen LogP contribution in [0, 0.1) is 6.92 Å². The van der Waals surface area contributed by atoms with Crippen molar-refractivity contribution in [2.45, 2.75) is 18.2 Å². The number of aryl methyl sites for hydroxylation is 1. The number of ether oxygens (including phenoxy) is 4. The van der Waals surface area contributed by atoms with Crippen LogP contribution in [0.5, 0.6) is 17.2 Å². The second kappa shape index (κ2) is 10.7. The molecule has 2 aromatic carbocycles. The van der Waals surface area contributed by atoms with Gasteiger partial charge in [0.2, 0.25) is 10.0 Å². The highest BCUT2D eigenvalue weighted by Crippen LogP contribution is 2.32. The Morgan fingerprint density at radius 3 is 2.58 bits per heavy atom. The monoisotopic (exact) mass is 498 g/mol. The third kappa shape index (κ3) is 6.50. The van der Waals surface area contributed by atoms with Crippen molar-refractivity contribution >= 4 is 39.2 Å². The highest BCUT2D eigenvalue weighted by atomic mass is 35.5. The molecule has 33 heavy (non-hydrogen) atoms. The highest BCUT2D eigenvalue weighted by molar-refractivity contribution is 7.89. The number of fused-ring (bicyclic) bond motifs is 1. The second-order valence-corrected chi connectivity index (χ2v) is 9.17. The van der Waals surface area contributed by atoms with E-state index in [-0.39, 0.29) is 4.90 Å². The average Bonchev–Trinajstić information content (AvgIpc) is 3.03. The van der Waals surface area contributed by atoms with Crippen molar-refractivity contribution in [1.29, 1.82) is 0 Å². The maximum Gasteiger partial charge on any atom is 0.321 e. The number of amides is 1. The number of rotatable bonds is 8. The van der Waals surface area contributed by atoms with E-state index in [2.05, 4.69) is 10.0 Å². The van der Waals surface area contributed by atoms with Crippen LogP contribution in [0.1, 0.15) is 12.0 Å². The molecule has 0 aliphatic carbocycles. The number of nitrogens with one attached hydrogen (secondary N) is 2. The zero-order valence-corrected chi connectivity index (χ0v) is 19.5. The van der Waals surface area contributed by atoms with Crippen LogP contribution in [0.4, 0.5) is 5.69 Å². The molecule has 1 aliphatic rings. The maximum atomic E-state index is 12.5. The normalized spacial score (nSPS) is 13.1. The van der Waals surface area contributed by atoms with Crippen LogP contribution in [0.3, 0.4) is 0 Å². The number of hydrogen-bond acceptors (Lipinski definition) is 8. The molecule has 0 fully saturated rings. The van der Waals surface area contributed by atoms with Gasteiger partial charge >= 0.3 is 5.97 Å². The van der Waals surface area contributed by atoms with Crippen molar-refractivity contribution in [2.24, 2.45) is 0 Å². The van der Waals surface area contributed by atoms with E-state index in [0.717, 1.165) is 0 Å². The smallest absolute Gasteiger partial charge is 0.321 e. The molecule has 0 saturated heterocycles. The summed E-state index contributed by atoms with van der Waals surface area (Å²) in [5.41, 5.74) is 1.07. The molecular formula is C21H23ClN2O8S. The zero-order chi connectivity index (χ0) is 24.0. The lowest BCUT2D eigenvalue weighted by atomic mass is 10.2. The van der Waals surface area contributed by atoms with Gasteiger partial charge in [0.15, 0.2) is 18.1 Å². The first-order valence-electron chi connectivity index (χ1n) is 9.88. The van der Waals surface area contributed by atoms with Gasteiger partial charge in [-0.25, -0.2) is 8.42 Å². The number of halogens is 1. The second-order valence-electron chi connectivity index (χ2n) is 6.99. The van der Waals surface area contributed by atoms with Crippen LogP contribution in [0.2, 0.25) is 5.02 Å². The van der Waals surface area contributed by atoms with Gasteiger partial charge in [-0.1, -0.05) is 11.6 Å². The molecule has 12 heteroatoms. The van der Waals surface area contributed by atoms with Crippen LogP contribution in [0.15, 0.2) is 35.2 Å². The Morgan fingerprint density at radius 1 is 1.12 bits per heavy atom. The predicted octanol–water partition coefficient (Wildman–Crippen LogP) is 2.28. The Bertz CT molecular complexity index is 1150. The third-order valence-corrected chi connectivity index (χ3v) is 6.36. The first-order chi connectivity index (χ1) is 15.7. The Morgan fingerprint density at radius 2 is 1.85 bits per heavy atom. The SMILES string of the molecule is COc1cc(Cl)c(C)cc1NC(=O)COC(=O)CNS(=O)(=O)c1ccc2c(c1)OCCCO2. The Balaban J connectivity index is 1.52. The van der Waals surface area contributed by atoms with Crippen molar-refractivity contribution in [2.75, 3.05) is 38.8 Å². The minimum Gasteiger partial charge on any atom is -0.495 e. The summed E-state index contributed by atoms with van der Waals surface area (Å²) in [5.74, 6) is -0.462. The fourth-order valence-corrected chi connectivity index (χ4v) is 4.00. The molecule has 0 spiro atoms. The number of carbonyl (C=O) groups is 2. The van der Waals surface area contributed by atoms with Gasteiger partial charge in [-0.15, -0.1) is 0 Å². The number of methoxy groups -OCH3 is 1. The lowest BCUT2D eigenvalue weighted by Crippen LogP contribution is -2.32. The van der Waals surface area contributed by atoms with Crippen molar-refractivity contribution in [3.63, 3.8) is 0 Å². The quantitative estimate of drug-likeness (QED) is 0.530. The summed E-state index contributed by atoms with van der Waals surface area (Å²) in [7, 11) is -2.60. The summed E-state index contributed by atoms with van der Waals surface area (Å²) in [5, 5.41) is 3.02. The molecule has 0 atom stereocenters. The Kier molecular flexibility index (Phi) is 8.01. The van der Waals surface area contributed by atoms with Gasteiger partial charge in [-0.05, 0) is 30.7 Å². The van der Waals surface area contributed by atoms with Gasteiger partial charge in [0, 0.05) is 23.6 Å². The van der Waals surface area contributed by atoms with Gasteiger partial charge in [0.05, 0.1) is 30.9 Å². The van der Waals surface area contributed by atoms with E-state index in [9.17, 15) is 18.0 Å². The van der Waals surface area contributed by atoms with E-state index in [1.807, 2.05) is 0 Å². The molecule has 2 aromatic rings. The Labute approximate surface area is 196 Å². The molecule has 3 rings (SSSR count). The lowest BCUT2D eigenvalue weighted by Gasteiger charge is -2.13. The van der Waals surface area contributed by atoms with E-state index < -0.39 is 35.1 Å². The fourth-order valence-electron chi connectivity index (χ4n) is 2.86. The molecule has 0 unspecified atom stereocenters. The average molecular weight is 499 g/mol. The number of hydrogen-bond donors (Lipinski definition) is 2. The van der Waals surface area contributed by atoms with Crippen molar-refractivity contribution in [3.8, 4) is 17.2 Å². The lowest BCUT2D eigenvalue weighted by molar-refractivity contribution is -0.146. The van der Waals surface area contributed by atoms with E-state index in [1.165, 1.54) is 25.3 Å². The van der Waals surface area contributed by atoms with Crippen molar-refractivity contribution in [1.82, 2.24) is 4.72 Å². The summed E-state index contributed by atoms with van der Waals surface area (Å²) >= 11 is 6.03. The molecule has 1 aliphatic heterocycles. The fraction of sp³-hybridized carbons (Fsp3) is 0.333. The van der Waals surface area contributed by atoms with Gasteiger partial charge in [-0.2, -0.15) is 4.72 Å². The van der Waals surface area contributed by atoms with Crippen molar-refractivity contribution < 1.29 is 37.0 Å².